The lowest BCUT2D eigenvalue weighted by molar-refractivity contribution is -0.118. The van der Waals surface area contributed by atoms with Gasteiger partial charge < -0.3 is 19.4 Å². The van der Waals surface area contributed by atoms with Gasteiger partial charge in [-0.2, -0.15) is 4.39 Å². The minimum atomic E-state index is -2.92. The number of alkyl halides is 2. The first-order valence-electron chi connectivity index (χ1n) is 10.2. The van der Waals surface area contributed by atoms with E-state index in [-0.39, 0.29) is 12.0 Å². The molecule has 0 radical (unpaired) electrons. The first-order chi connectivity index (χ1) is 15.5. The highest BCUT2D eigenvalue weighted by Gasteiger charge is 2.53. The van der Waals surface area contributed by atoms with Crippen LogP contribution in [0.3, 0.4) is 0 Å². The summed E-state index contributed by atoms with van der Waals surface area (Å²) in [4.78, 5) is 10.8. The molecule has 4 nitrogen and oxygen atoms in total. The van der Waals surface area contributed by atoms with E-state index in [1.807, 2.05) is 91.0 Å². The van der Waals surface area contributed by atoms with Crippen molar-refractivity contribution in [3.05, 3.63) is 119 Å². The highest BCUT2D eigenvalue weighted by atomic mass is 19.2. The van der Waals surface area contributed by atoms with Crippen molar-refractivity contribution in [1.29, 1.82) is 0 Å². The summed E-state index contributed by atoms with van der Waals surface area (Å²) in [5, 5.41) is 10.3. The minimum Gasteiger partial charge on any atom is -0.506 e. The van der Waals surface area contributed by atoms with Gasteiger partial charge in [0, 0.05) is 0 Å². The fraction of sp³-hybridized carbons (Fsp3) is 0.192. The van der Waals surface area contributed by atoms with E-state index in [1.165, 1.54) is 0 Å². The van der Waals surface area contributed by atoms with Crippen molar-refractivity contribution >= 4 is 6.29 Å². The Balaban J connectivity index is 1.82. The third kappa shape index (κ3) is 3.67. The predicted octanol–water partition coefficient (Wildman–Crippen LogP) is 5.39. The second kappa shape index (κ2) is 8.93. The van der Waals surface area contributed by atoms with Crippen LogP contribution in [0.4, 0.5) is 8.78 Å². The average Bonchev–Trinajstić information content (AvgIpc) is 3.05. The van der Waals surface area contributed by atoms with Gasteiger partial charge in [-0.25, -0.2) is 4.39 Å². The summed E-state index contributed by atoms with van der Waals surface area (Å²) >= 11 is 0. The summed E-state index contributed by atoms with van der Waals surface area (Å²) < 4.78 is 40.4. The smallest absolute Gasteiger partial charge is 0.279 e. The number of aldehydes is 1. The van der Waals surface area contributed by atoms with Gasteiger partial charge in [0.15, 0.2) is 11.5 Å². The van der Waals surface area contributed by atoms with Gasteiger partial charge >= 0.3 is 0 Å². The number of rotatable bonds is 8. The van der Waals surface area contributed by atoms with Crippen LogP contribution in [0.1, 0.15) is 23.1 Å². The molecule has 1 N–H and O–H groups in total. The van der Waals surface area contributed by atoms with Gasteiger partial charge in [-0.05, 0) is 16.7 Å². The first-order valence-corrected chi connectivity index (χ1v) is 10.2. The van der Waals surface area contributed by atoms with Crippen molar-refractivity contribution in [1.82, 2.24) is 0 Å². The maximum Gasteiger partial charge on any atom is 0.279 e. The molecule has 164 valence electrons. The molecule has 3 aromatic carbocycles. The van der Waals surface area contributed by atoms with Gasteiger partial charge in [0.05, 0.1) is 6.42 Å². The third-order valence-electron chi connectivity index (χ3n) is 5.60. The summed E-state index contributed by atoms with van der Waals surface area (Å²) in [5.41, 5.74) is -1.72. The number of aliphatic hydroxyl groups excluding tert-OH is 1. The number of carbonyl (C=O) groups is 1. The lowest BCUT2D eigenvalue weighted by Gasteiger charge is -2.36. The van der Waals surface area contributed by atoms with Crippen LogP contribution in [-0.4, -0.2) is 30.0 Å². The fourth-order valence-corrected chi connectivity index (χ4v) is 3.97. The van der Waals surface area contributed by atoms with Crippen molar-refractivity contribution in [2.24, 2.45) is 0 Å². The molecule has 0 spiro atoms. The normalized spacial score (nSPS) is 20.8. The van der Waals surface area contributed by atoms with E-state index in [2.05, 4.69) is 0 Å². The summed E-state index contributed by atoms with van der Waals surface area (Å²) in [6.07, 6.45) is -3.14. The number of hydrogen-bond acceptors (Lipinski definition) is 4. The lowest BCUT2D eigenvalue weighted by atomic mass is 9.80. The highest BCUT2D eigenvalue weighted by molar-refractivity contribution is 5.54. The van der Waals surface area contributed by atoms with Gasteiger partial charge in [0.25, 0.3) is 6.36 Å². The molecule has 1 aliphatic heterocycles. The van der Waals surface area contributed by atoms with E-state index in [0.29, 0.717) is 0 Å². The Hall–Kier alpha value is -3.51. The van der Waals surface area contributed by atoms with E-state index >= 15 is 0 Å². The Bertz CT molecular complexity index is 990. The molecule has 6 heteroatoms. The zero-order valence-corrected chi connectivity index (χ0v) is 17.2. The number of carbonyl (C=O) groups excluding carboxylic acids is 1. The SMILES string of the molecule is O=CCC1(F)C(O)=C(COC(c2ccccc2)(c2ccccc2)c2ccccc2)OC1F. The summed E-state index contributed by atoms with van der Waals surface area (Å²) in [5.74, 6) is -1.34. The van der Waals surface area contributed by atoms with E-state index in [1.54, 1.807) is 0 Å². The van der Waals surface area contributed by atoms with Crippen LogP contribution in [-0.2, 0) is 19.9 Å². The Morgan fingerprint density at radius 2 is 1.34 bits per heavy atom. The number of ether oxygens (including phenoxy) is 2. The molecule has 0 bridgehead atoms. The maximum atomic E-state index is 14.8. The quantitative estimate of drug-likeness (QED) is 0.380. The fourth-order valence-electron chi connectivity index (χ4n) is 3.97. The maximum absolute atomic E-state index is 14.8. The summed E-state index contributed by atoms with van der Waals surface area (Å²) in [7, 11) is 0. The summed E-state index contributed by atoms with van der Waals surface area (Å²) in [6, 6.07) is 28.2. The number of halogens is 2. The number of aliphatic hydroxyl groups is 1. The minimum absolute atomic E-state index is 0.207. The van der Waals surface area contributed by atoms with Crippen molar-refractivity contribution in [3.63, 3.8) is 0 Å². The number of benzene rings is 3. The second-order valence-electron chi connectivity index (χ2n) is 7.51. The first kappa shape index (κ1) is 21.7. The molecule has 0 fully saturated rings. The van der Waals surface area contributed by atoms with Crippen LogP contribution < -0.4 is 0 Å². The molecule has 3 aromatic rings. The Morgan fingerprint density at radius 1 is 0.906 bits per heavy atom. The van der Waals surface area contributed by atoms with Crippen molar-refractivity contribution in [2.45, 2.75) is 24.0 Å². The molecule has 2 unspecified atom stereocenters. The summed E-state index contributed by atoms with van der Waals surface area (Å²) in [6.45, 7) is -0.421. The molecule has 0 aromatic heterocycles. The molecule has 2 atom stereocenters. The highest BCUT2D eigenvalue weighted by Crippen LogP contribution is 2.44. The zero-order chi connectivity index (χ0) is 22.6. The van der Waals surface area contributed by atoms with Gasteiger partial charge in [-0.3, -0.25) is 0 Å². The monoisotopic (exact) mass is 436 g/mol. The van der Waals surface area contributed by atoms with Crippen LogP contribution in [0.25, 0.3) is 0 Å². The molecule has 0 saturated heterocycles. The Kier molecular flexibility index (Phi) is 6.06. The molecule has 0 amide bonds. The predicted molar refractivity (Wildman–Crippen MR) is 115 cm³/mol. The average molecular weight is 436 g/mol. The van der Waals surface area contributed by atoms with E-state index < -0.39 is 36.4 Å². The van der Waals surface area contributed by atoms with Gasteiger partial charge in [-0.15, -0.1) is 0 Å². The van der Waals surface area contributed by atoms with Crippen molar-refractivity contribution < 1.29 is 28.2 Å². The topological polar surface area (TPSA) is 55.8 Å². The van der Waals surface area contributed by atoms with E-state index in [4.69, 9.17) is 9.47 Å². The van der Waals surface area contributed by atoms with Gasteiger partial charge in [-0.1, -0.05) is 91.0 Å². The largest absolute Gasteiger partial charge is 0.506 e. The van der Waals surface area contributed by atoms with Crippen LogP contribution in [0.5, 0.6) is 0 Å². The zero-order valence-electron chi connectivity index (χ0n) is 17.2. The van der Waals surface area contributed by atoms with E-state index in [0.717, 1.165) is 16.7 Å². The molecule has 1 heterocycles. The lowest BCUT2D eigenvalue weighted by Crippen LogP contribution is -2.34. The van der Waals surface area contributed by atoms with Gasteiger partial charge in [0.2, 0.25) is 5.67 Å². The number of hydrogen-bond donors (Lipinski definition) is 1. The van der Waals surface area contributed by atoms with Crippen LogP contribution >= 0.6 is 0 Å². The Morgan fingerprint density at radius 3 is 1.75 bits per heavy atom. The Labute approximate surface area is 184 Å². The van der Waals surface area contributed by atoms with Crippen LogP contribution in [0.2, 0.25) is 0 Å². The van der Waals surface area contributed by atoms with Gasteiger partial charge in [0.1, 0.15) is 18.5 Å². The molecule has 32 heavy (non-hydrogen) atoms. The molecule has 0 saturated carbocycles. The second-order valence-corrected chi connectivity index (χ2v) is 7.51. The molecule has 1 aliphatic rings. The molecular weight excluding hydrogens is 414 g/mol. The van der Waals surface area contributed by atoms with Crippen LogP contribution in [0, 0.1) is 0 Å². The molecule has 0 aliphatic carbocycles. The molecule has 4 rings (SSSR count). The van der Waals surface area contributed by atoms with Crippen molar-refractivity contribution in [3.8, 4) is 0 Å². The molecular formula is C26H22F2O4. The van der Waals surface area contributed by atoms with E-state index in [9.17, 15) is 18.7 Å². The third-order valence-corrected chi connectivity index (χ3v) is 5.60. The van der Waals surface area contributed by atoms with Crippen LogP contribution in [0.15, 0.2) is 103 Å². The standard InChI is InChI=1S/C26H22F2O4/c27-24-25(28,16-17-29)23(30)22(32-24)18-31-26(19-10-4-1-5-11-19,20-12-6-2-7-13-20)21-14-8-3-9-15-21/h1-15,17,24,30H,16,18H2. The van der Waals surface area contributed by atoms with Crippen molar-refractivity contribution in [2.75, 3.05) is 6.61 Å².